The van der Waals surface area contributed by atoms with Gasteiger partial charge in [-0.15, -0.1) is 10.2 Å². The zero-order valence-corrected chi connectivity index (χ0v) is 15.9. The van der Waals surface area contributed by atoms with E-state index >= 15 is 0 Å². The van der Waals surface area contributed by atoms with Crippen molar-refractivity contribution in [3.05, 3.63) is 58.6 Å². The van der Waals surface area contributed by atoms with E-state index in [1.54, 1.807) is 12.1 Å². The number of rotatable bonds is 5. The average molecular weight is 388 g/mol. The molecule has 0 unspecified atom stereocenters. The fourth-order valence-corrected chi connectivity index (χ4v) is 3.14. The number of hydrogen-bond acceptors (Lipinski definition) is 5. The number of anilines is 1. The molecule has 0 bridgehead atoms. The van der Waals surface area contributed by atoms with E-state index in [1.165, 1.54) is 16.4 Å². The second-order valence-corrected chi connectivity index (χ2v) is 7.22. The number of carbonyl (C=O) groups is 1. The van der Waals surface area contributed by atoms with Crippen LogP contribution in [-0.2, 0) is 4.79 Å². The molecule has 0 aliphatic carbocycles. The van der Waals surface area contributed by atoms with Crippen molar-refractivity contribution in [1.29, 1.82) is 0 Å². The Labute approximate surface area is 160 Å². The molecular weight excluding hydrogens is 370 g/mol. The molecule has 0 spiro atoms. The maximum Gasteiger partial charge on any atom is 0.234 e. The van der Waals surface area contributed by atoms with Gasteiger partial charge in [0.1, 0.15) is 0 Å². The Hall–Kier alpha value is -2.51. The third kappa shape index (κ3) is 4.17. The van der Waals surface area contributed by atoms with Gasteiger partial charge in [0, 0.05) is 16.3 Å². The monoisotopic (exact) mass is 387 g/mol. The predicted octanol–water partition coefficient (Wildman–Crippen LogP) is 3.66. The smallest absolute Gasteiger partial charge is 0.234 e. The van der Waals surface area contributed by atoms with Crippen molar-refractivity contribution in [2.24, 2.45) is 0 Å². The normalized spacial score (nSPS) is 10.7. The molecule has 8 heteroatoms. The van der Waals surface area contributed by atoms with Gasteiger partial charge >= 0.3 is 0 Å². The van der Waals surface area contributed by atoms with E-state index in [-0.39, 0.29) is 11.7 Å². The molecule has 1 heterocycles. The summed E-state index contributed by atoms with van der Waals surface area (Å²) in [6.07, 6.45) is 0. The van der Waals surface area contributed by atoms with Crippen molar-refractivity contribution >= 4 is 35.0 Å². The van der Waals surface area contributed by atoms with Crippen LogP contribution < -0.4 is 11.2 Å². The van der Waals surface area contributed by atoms with Gasteiger partial charge in [-0.05, 0) is 55.3 Å². The maximum absolute atomic E-state index is 12.2. The third-order valence-corrected chi connectivity index (χ3v) is 4.96. The summed E-state index contributed by atoms with van der Waals surface area (Å²) in [5.74, 6) is 6.63. The Balaban J connectivity index is 1.65. The van der Waals surface area contributed by atoms with Gasteiger partial charge in [0.05, 0.1) is 5.75 Å². The predicted molar refractivity (Wildman–Crippen MR) is 106 cm³/mol. The van der Waals surface area contributed by atoms with Crippen LogP contribution in [0.3, 0.4) is 0 Å². The second-order valence-electron chi connectivity index (χ2n) is 5.84. The van der Waals surface area contributed by atoms with Crippen molar-refractivity contribution in [2.45, 2.75) is 19.0 Å². The number of nitrogens with zero attached hydrogens (tertiary/aromatic N) is 3. The van der Waals surface area contributed by atoms with Gasteiger partial charge in [0.15, 0.2) is 5.82 Å². The van der Waals surface area contributed by atoms with Gasteiger partial charge < -0.3 is 11.2 Å². The van der Waals surface area contributed by atoms with Crippen LogP contribution in [0.2, 0.25) is 5.02 Å². The van der Waals surface area contributed by atoms with E-state index in [1.807, 2.05) is 44.2 Å². The molecule has 134 valence electrons. The Bertz CT molecular complexity index is 939. The van der Waals surface area contributed by atoms with Crippen LogP contribution in [0.15, 0.2) is 47.6 Å². The molecule has 26 heavy (non-hydrogen) atoms. The van der Waals surface area contributed by atoms with E-state index in [0.29, 0.717) is 16.0 Å². The molecule has 0 radical (unpaired) electrons. The standard InChI is InChI=1S/C18H18ClN5OS/c1-11-3-4-12(2)15(9-11)21-16(25)10-26-18-23-22-17(24(18)20)13-5-7-14(19)8-6-13/h3-9H,10,20H2,1-2H3,(H,21,25). The molecule has 0 saturated carbocycles. The summed E-state index contributed by atoms with van der Waals surface area (Å²) in [5, 5.41) is 12.2. The molecule has 0 aliphatic heterocycles. The third-order valence-electron chi connectivity index (χ3n) is 3.77. The number of nitrogens with one attached hydrogen (secondary N) is 1. The van der Waals surface area contributed by atoms with Gasteiger partial charge in [-0.3, -0.25) is 4.79 Å². The summed E-state index contributed by atoms with van der Waals surface area (Å²) in [7, 11) is 0. The van der Waals surface area contributed by atoms with Gasteiger partial charge in [-0.1, -0.05) is 35.5 Å². The fourth-order valence-electron chi connectivity index (χ4n) is 2.36. The molecular formula is C18H18ClN5OS. The first-order valence-corrected chi connectivity index (χ1v) is 9.27. The van der Waals surface area contributed by atoms with E-state index in [0.717, 1.165) is 22.4 Å². The first-order valence-electron chi connectivity index (χ1n) is 7.90. The number of hydrogen-bond donors (Lipinski definition) is 2. The molecule has 0 saturated heterocycles. The van der Waals surface area contributed by atoms with Crippen LogP contribution in [0.1, 0.15) is 11.1 Å². The quantitative estimate of drug-likeness (QED) is 0.515. The van der Waals surface area contributed by atoms with Crippen LogP contribution >= 0.6 is 23.4 Å². The zero-order chi connectivity index (χ0) is 18.7. The average Bonchev–Trinajstić information content (AvgIpc) is 2.98. The molecule has 0 fully saturated rings. The minimum Gasteiger partial charge on any atom is -0.335 e. The topological polar surface area (TPSA) is 85.8 Å². The van der Waals surface area contributed by atoms with Gasteiger partial charge in [0.2, 0.25) is 11.1 Å². The molecule has 1 amide bonds. The Morgan fingerprint density at radius 1 is 1.19 bits per heavy atom. The highest BCUT2D eigenvalue weighted by molar-refractivity contribution is 7.99. The number of thioether (sulfide) groups is 1. The summed E-state index contributed by atoms with van der Waals surface area (Å²) >= 11 is 7.12. The van der Waals surface area contributed by atoms with Crippen LogP contribution in [-0.4, -0.2) is 26.5 Å². The van der Waals surface area contributed by atoms with Crippen molar-refractivity contribution in [3.63, 3.8) is 0 Å². The minimum atomic E-state index is -0.125. The number of nitrogens with two attached hydrogens (primary N) is 1. The molecule has 3 N–H and O–H groups in total. The molecule has 3 rings (SSSR count). The van der Waals surface area contributed by atoms with E-state index in [9.17, 15) is 4.79 Å². The lowest BCUT2D eigenvalue weighted by molar-refractivity contribution is -0.113. The Morgan fingerprint density at radius 3 is 2.65 bits per heavy atom. The number of halogens is 1. The number of aryl methyl sites for hydroxylation is 2. The minimum absolute atomic E-state index is 0.125. The number of amides is 1. The number of nitrogen functional groups attached to an aromatic ring is 1. The van der Waals surface area contributed by atoms with Crippen molar-refractivity contribution < 1.29 is 4.79 Å². The molecule has 3 aromatic rings. The van der Waals surface area contributed by atoms with E-state index < -0.39 is 0 Å². The fraction of sp³-hybridized carbons (Fsp3) is 0.167. The SMILES string of the molecule is Cc1ccc(C)c(NC(=O)CSc2nnc(-c3ccc(Cl)cc3)n2N)c1. The zero-order valence-electron chi connectivity index (χ0n) is 14.4. The summed E-state index contributed by atoms with van der Waals surface area (Å²) < 4.78 is 1.37. The van der Waals surface area contributed by atoms with E-state index in [2.05, 4.69) is 15.5 Å². The summed E-state index contributed by atoms with van der Waals surface area (Å²) in [5.41, 5.74) is 3.72. The van der Waals surface area contributed by atoms with Crippen LogP contribution in [0.4, 0.5) is 5.69 Å². The van der Waals surface area contributed by atoms with Crippen molar-refractivity contribution in [2.75, 3.05) is 16.9 Å². The number of carbonyl (C=O) groups excluding carboxylic acids is 1. The number of benzene rings is 2. The maximum atomic E-state index is 12.2. The van der Waals surface area contributed by atoms with Crippen LogP contribution in [0, 0.1) is 13.8 Å². The lowest BCUT2D eigenvalue weighted by atomic mass is 10.1. The van der Waals surface area contributed by atoms with Crippen LogP contribution in [0.25, 0.3) is 11.4 Å². The molecule has 1 aromatic heterocycles. The second kappa shape index (κ2) is 7.80. The Morgan fingerprint density at radius 2 is 1.92 bits per heavy atom. The molecule has 0 aliphatic rings. The first kappa shape index (κ1) is 18.3. The summed E-state index contributed by atoms with van der Waals surface area (Å²) in [4.78, 5) is 12.2. The molecule has 2 aromatic carbocycles. The highest BCUT2D eigenvalue weighted by Gasteiger charge is 2.14. The summed E-state index contributed by atoms with van der Waals surface area (Å²) in [6, 6.07) is 13.1. The highest BCUT2D eigenvalue weighted by atomic mass is 35.5. The number of aromatic nitrogens is 3. The van der Waals surface area contributed by atoms with Crippen molar-refractivity contribution in [1.82, 2.24) is 14.9 Å². The van der Waals surface area contributed by atoms with Crippen molar-refractivity contribution in [3.8, 4) is 11.4 Å². The summed E-state index contributed by atoms with van der Waals surface area (Å²) in [6.45, 7) is 3.94. The lowest BCUT2D eigenvalue weighted by Crippen LogP contribution is -2.17. The van der Waals surface area contributed by atoms with Crippen LogP contribution in [0.5, 0.6) is 0 Å². The molecule has 6 nitrogen and oxygen atoms in total. The van der Waals surface area contributed by atoms with Gasteiger partial charge in [-0.25, -0.2) is 4.68 Å². The van der Waals surface area contributed by atoms with Gasteiger partial charge in [0.25, 0.3) is 0 Å². The van der Waals surface area contributed by atoms with Gasteiger partial charge in [-0.2, -0.15) is 0 Å². The first-order chi connectivity index (χ1) is 12.4. The Kier molecular flexibility index (Phi) is 5.49. The largest absolute Gasteiger partial charge is 0.335 e. The van der Waals surface area contributed by atoms with E-state index in [4.69, 9.17) is 17.4 Å². The molecule has 0 atom stereocenters. The lowest BCUT2D eigenvalue weighted by Gasteiger charge is -2.09. The highest BCUT2D eigenvalue weighted by Crippen LogP contribution is 2.23.